The lowest BCUT2D eigenvalue weighted by Gasteiger charge is -2.31. The van der Waals surface area contributed by atoms with Gasteiger partial charge in [0.1, 0.15) is 17.3 Å². The molecule has 1 aliphatic heterocycles. The minimum atomic E-state index is -0.252. The SMILES string of the molecule is Cn1nccc1C(=O)N1CCCC(c2ncc(Cc3ccc(F)cc3)o2)C1. The molecule has 1 aliphatic rings. The Hall–Kier alpha value is -2.96. The number of halogens is 1. The Balaban J connectivity index is 1.44. The number of piperidine rings is 1. The topological polar surface area (TPSA) is 64.2 Å². The van der Waals surface area contributed by atoms with E-state index in [2.05, 4.69) is 10.1 Å². The van der Waals surface area contributed by atoms with Crippen molar-refractivity contribution in [3.8, 4) is 0 Å². The van der Waals surface area contributed by atoms with E-state index in [1.807, 2.05) is 4.90 Å². The highest BCUT2D eigenvalue weighted by Gasteiger charge is 2.29. The molecule has 4 rings (SSSR count). The molecule has 6 nitrogen and oxygen atoms in total. The first-order valence-electron chi connectivity index (χ1n) is 9.06. The molecule has 1 amide bonds. The van der Waals surface area contributed by atoms with Crippen LogP contribution in [0.5, 0.6) is 0 Å². The number of carbonyl (C=O) groups excluding carboxylic acids is 1. The van der Waals surface area contributed by atoms with Crippen LogP contribution in [0, 0.1) is 5.82 Å². The maximum absolute atomic E-state index is 13.0. The summed E-state index contributed by atoms with van der Waals surface area (Å²) in [6.45, 7) is 1.31. The number of aromatic nitrogens is 3. The number of aryl methyl sites for hydroxylation is 1. The molecule has 27 heavy (non-hydrogen) atoms. The smallest absolute Gasteiger partial charge is 0.272 e. The van der Waals surface area contributed by atoms with Crippen LogP contribution in [0.2, 0.25) is 0 Å². The highest BCUT2D eigenvalue weighted by molar-refractivity contribution is 5.92. The second kappa shape index (κ2) is 7.34. The lowest BCUT2D eigenvalue weighted by atomic mass is 9.97. The molecule has 7 heteroatoms. The molecule has 0 radical (unpaired) electrons. The average Bonchev–Trinajstić information content (AvgIpc) is 3.32. The first kappa shape index (κ1) is 17.5. The second-order valence-corrected chi connectivity index (χ2v) is 6.90. The quantitative estimate of drug-likeness (QED) is 0.710. The number of likely N-dealkylation sites (tertiary alicyclic amines) is 1. The maximum Gasteiger partial charge on any atom is 0.272 e. The van der Waals surface area contributed by atoms with Crippen molar-refractivity contribution in [2.75, 3.05) is 13.1 Å². The monoisotopic (exact) mass is 368 g/mol. The number of hydrogen-bond donors (Lipinski definition) is 0. The summed E-state index contributed by atoms with van der Waals surface area (Å²) in [6.07, 6.45) is 5.76. The summed E-state index contributed by atoms with van der Waals surface area (Å²) in [5, 5.41) is 4.07. The number of benzene rings is 1. The number of rotatable bonds is 4. The van der Waals surface area contributed by atoms with Gasteiger partial charge in [0.25, 0.3) is 5.91 Å². The Morgan fingerprint density at radius 1 is 1.30 bits per heavy atom. The predicted octanol–water partition coefficient (Wildman–Crippen LogP) is 3.16. The van der Waals surface area contributed by atoms with Crippen molar-refractivity contribution in [1.29, 1.82) is 0 Å². The normalized spacial score (nSPS) is 17.3. The van der Waals surface area contributed by atoms with Gasteiger partial charge in [-0.05, 0) is 36.6 Å². The van der Waals surface area contributed by atoms with Gasteiger partial charge >= 0.3 is 0 Å². The highest BCUT2D eigenvalue weighted by Crippen LogP contribution is 2.28. The molecule has 1 fully saturated rings. The summed E-state index contributed by atoms with van der Waals surface area (Å²) < 4.78 is 20.6. The molecule has 1 aromatic carbocycles. The van der Waals surface area contributed by atoms with Crippen LogP contribution in [-0.4, -0.2) is 38.7 Å². The molecule has 2 aromatic heterocycles. The largest absolute Gasteiger partial charge is 0.445 e. The van der Waals surface area contributed by atoms with Crippen LogP contribution >= 0.6 is 0 Å². The maximum atomic E-state index is 13.0. The fourth-order valence-corrected chi connectivity index (χ4v) is 3.51. The van der Waals surface area contributed by atoms with E-state index in [1.54, 1.807) is 42.3 Å². The third-order valence-corrected chi connectivity index (χ3v) is 4.96. The van der Waals surface area contributed by atoms with Crippen molar-refractivity contribution in [1.82, 2.24) is 19.7 Å². The summed E-state index contributed by atoms with van der Waals surface area (Å²) >= 11 is 0. The third-order valence-electron chi connectivity index (χ3n) is 4.96. The van der Waals surface area contributed by atoms with Crippen LogP contribution in [0.1, 0.15) is 46.5 Å². The van der Waals surface area contributed by atoms with Gasteiger partial charge in [-0.15, -0.1) is 0 Å². The van der Waals surface area contributed by atoms with Crippen LogP contribution in [0.15, 0.2) is 47.1 Å². The van der Waals surface area contributed by atoms with E-state index in [1.165, 1.54) is 12.1 Å². The van der Waals surface area contributed by atoms with E-state index >= 15 is 0 Å². The summed E-state index contributed by atoms with van der Waals surface area (Å²) in [7, 11) is 1.77. The summed E-state index contributed by atoms with van der Waals surface area (Å²) in [5.41, 5.74) is 1.55. The van der Waals surface area contributed by atoms with E-state index in [0.29, 0.717) is 24.6 Å². The first-order valence-corrected chi connectivity index (χ1v) is 9.06. The minimum Gasteiger partial charge on any atom is -0.445 e. The summed E-state index contributed by atoms with van der Waals surface area (Å²) in [6, 6.07) is 8.10. The summed E-state index contributed by atoms with van der Waals surface area (Å²) in [5.74, 6) is 1.22. The van der Waals surface area contributed by atoms with E-state index < -0.39 is 0 Å². The zero-order valence-electron chi connectivity index (χ0n) is 15.1. The molecule has 0 N–H and O–H groups in total. The molecular formula is C20H21FN4O2. The highest BCUT2D eigenvalue weighted by atomic mass is 19.1. The molecule has 0 bridgehead atoms. The number of nitrogens with zero attached hydrogens (tertiary/aromatic N) is 4. The first-order chi connectivity index (χ1) is 13.1. The Bertz CT molecular complexity index is 932. The molecule has 3 aromatic rings. The van der Waals surface area contributed by atoms with Crippen molar-refractivity contribution < 1.29 is 13.6 Å². The fourth-order valence-electron chi connectivity index (χ4n) is 3.51. The standard InChI is InChI=1S/C20H21FN4O2/c1-24-18(8-9-23-24)20(26)25-10-2-3-15(13-25)19-22-12-17(27-19)11-14-4-6-16(21)7-5-14/h4-9,12,15H,2-3,10-11,13H2,1H3. The number of hydrogen-bond acceptors (Lipinski definition) is 4. The van der Waals surface area contributed by atoms with Gasteiger partial charge in [-0.25, -0.2) is 9.37 Å². The van der Waals surface area contributed by atoms with E-state index in [-0.39, 0.29) is 17.6 Å². The number of amides is 1. The van der Waals surface area contributed by atoms with Gasteiger partial charge in [-0.1, -0.05) is 12.1 Å². The molecule has 0 aliphatic carbocycles. The van der Waals surface area contributed by atoms with Crippen molar-refractivity contribution in [3.05, 3.63) is 71.5 Å². The van der Waals surface area contributed by atoms with Crippen molar-refractivity contribution in [2.45, 2.75) is 25.2 Å². The van der Waals surface area contributed by atoms with Gasteiger partial charge in [0.15, 0.2) is 5.89 Å². The van der Waals surface area contributed by atoms with Gasteiger partial charge in [0.05, 0.1) is 12.1 Å². The lowest BCUT2D eigenvalue weighted by molar-refractivity contribution is 0.0686. The van der Waals surface area contributed by atoms with E-state index in [9.17, 15) is 9.18 Å². The Labute approximate surface area is 156 Å². The van der Waals surface area contributed by atoms with Crippen molar-refractivity contribution in [2.24, 2.45) is 7.05 Å². The third kappa shape index (κ3) is 3.77. The predicted molar refractivity (Wildman–Crippen MR) is 96.8 cm³/mol. The fraction of sp³-hybridized carbons (Fsp3) is 0.350. The molecule has 1 unspecified atom stereocenters. The Kier molecular flexibility index (Phi) is 4.75. The Morgan fingerprint density at radius 3 is 2.85 bits per heavy atom. The number of carbonyl (C=O) groups is 1. The summed E-state index contributed by atoms with van der Waals surface area (Å²) in [4.78, 5) is 19.0. The van der Waals surface area contributed by atoms with Crippen LogP contribution in [0.3, 0.4) is 0 Å². The van der Waals surface area contributed by atoms with Gasteiger partial charge in [0, 0.05) is 32.8 Å². The van der Waals surface area contributed by atoms with E-state index in [0.717, 1.165) is 30.7 Å². The van der Waals surface area contributed by atoms with Gasteiger partial charge in [-0.3, -0.25) is 9.48 Å². The molecule has 0 saturated carbocycles. The van der Waals surface area contributed by atoms with Gasteiger partial charge in [-0.2, -0.15) is 5.10 Å². The molecule has 1 saturated heterocycles. The molecule has 1 atom stereocenters. The molecular weight excluding hydrogens is 347 g/mol. The van der Waals surface area contributed by atoms with Crippen LogP contribution in [-0.2, 0) is 13.5 Å². The van der Waals surface area contributed by atoms with E-state index in [4.69, 9.17) is 4.42 Å². The van der Waals surface area contributed by atoms with Crippen LogP contribution in [0.25, 0.3) is 0 Å². The zero-order valence-corrected chi connectivity index (χ0v) is 15.1. The average molecular weight is 368 g/mol. The molecule has 0 spiro atoms. The van der Waals surface area contributed by atoms with Crippen molar-refractivity contribution >= 4 is 5.91 Å². The van der Waals surface area contributed by atoms with Gasteiger partial charge < -0.3 is 9.32 Å². The number of oxazole rings is 1. The van der Waals surface area contributed by atoms with Crippen molar-refractivity contribution in [3.63, 3.8) is 0 Å². The minimum absolute atomic E-state index is 0.0159. The molecule has 3 heterocycles. The second-order valence-electron chi connectivity index (χ2n) is 6.90. The van der Waals surface area contributed by atoms with Crippen LogP contribution in [0.4, 0.5) is 4.39 Å². The van der Waals surface area contributed by atoms with Gasteiger partial charge in [0.2, 0.25) is 0 Å². The van der Waals surface area contributed by atoms with Crippen LogP contribution < -0.4 is 0 Å². The lowest BCUT2D eigenvalue weighted by Crippen LogP contribution is -2.40. The molecule has 140 valence electrons. The Morgan fingerprint density at radius 2 is 2.11 bits per heavy atom. The zero-order chi connectivity index (χ0) is 18.8.